The number of carbonyl (C=O) groups is 1. The Hall–Kier alpha value is -2.69. The van der Waals surface area contributed by atoms with Crippen LogP contribution in [0.25, 0.3) is 16.5 Å². The topological polar surface area (TPSA) is 44.1 Å². The van der Waals surface area contributed by atoms with Gasteiger partial charge in [-0.1, -0.05) is 24.3 Å². The minimum atomic E-state index is -0.525. The smallest absolute Gasteiger partial charge is 0.357 e. The Bertz CT molecular complexity index is 811. The van der Waals surface area contributed by atoms with E-state index < -0.39 is 11.8 Å². The largest absolute Gasteiger partial charge is 0.461 e. The van der Waals surface area contributed by atoms with Crippen molar-refractivity contribution in [2.75, 3.05) is 6.61 Å². The van der Waals surface area contributed by atoms with E-state index in [4.69, 9.17) is 4.74 Å². The SMILES string of the molecule is CCOC(=O)c1ccnn1-c1cc2ccccc2cc1F. The van der Waals surface area contributed by atoms with Gasteiger partial charge in [0.15, 0.2) is 5.69 Å². The average Bonchev–Trinajstić information content (AvgIpc) is 2.96. The lowest BCUT2D eigenvalue weighted by molar-refractivity contribution is 0.0515. The first kappa shape index (κ1) is 13.3. The number of rotatable bonds is 3. The number of hydrogen-bond acceptors (Lipinski definition) is 3. The number of esters is 1. The Morgan fingerprint density at radius 1 is 1.24 bits per heavy atom. The fourth-order valence-electron chi connectivity index (χ4n) is 2.22. The maximum atomic E-state index is 14.3. The molecule has 106 valence electrons. The zero-order valence-electron chi connectivity index (χ0n) is 11.4. The van der Waals surface area contributed by atoms with Gasteiger partial charge in [0.05, 0.1) is 12.8 Å². The van der Waals surface area contributed by atoms with E-state index in [2.05, 4.69) is 5.10 Å². The number of aromatic nitrogens is 2. The van der Waals surface area contributed by atoms with E-state index in [1.165, 1.54) is 23.0 Å². The first-order chi connectivity index (χ1) is 10.2. The van der Waals surface area contributed by atoms with Crippen molar-refractivity contribution >= 4 is 16.7 Å². The number of benzene rings is 2. The number of ether oxygens (including phenoxy) is 1. The van der Waals surface area contributed by atoms with E-state index in [0.717, 1.165) is 10.8 Å². The molecule has 0 aliphatic carbocycles. The molecule has 0 amide bonds. The van der Waals surface area contributed by atoms with Crippen LogP contribution in [-0.2, 0) is 4.74 Å². The number of nitrogens with zero attached hydrogens (tertiary/aromatic N) is 2. The molecule has 0 aliphatic rings. The van der Waals surface area contributed by atoms with Crippen molar-refractivity contribution in [1.29, 1.82) is 0 Å². The van der Waals surface area contributed by atoms with Gasteiger partial charge >= 0.3 is 5.97 Å². The van der Waals surface area contributed by atoms with Crippen LogP contribution in [0.1, 0.15) is 17.4 Å². The van der Waals surface area contributed by atoms with Gasteiger partial charge in [-0.3, -0.25) is 0 Å². The standard InChI is InChI=1S/C16H13FN2O2/c1-2-21-16(20)14-7-8-18-19(14)15-10-12-6-4-3-5-11(12)9-13(15)17/h3-10H,2H2,1H3. The third-order valence-electron chi connectivity index (χ3n) is 3.17. The Balaban J connectivity index is 2.15. The van der Waals surface area contributed by atoms with Crippen molar-refractivity contribution in [1.82, 2.24) is 9.78 Å². The third kappa shape index (κ3) is 2.38. The summed E-state index contributed by atoms with van der Waals surface area (Å²) < 4.78 is 20.5. The van der Waals surface area contributed by atoms with Gasteiger partial charge in [-0.25, -0.2) is 13.9 Å². The van der Waals surface area contributed by atoms with Crippen molar-refractivity contribution in [3.63, 3.8) is 0 Å². The Labute approximate surface area is 120 Å². The quantitative estimate of drug-likeness (QED) is 0.693. The van der Waals surface area contributed by atoms with Crippen molar-refractivity contribution in [3.05, 3.63) is 60.2 Å². The monoisotopic (exact) mass is 284 g/mol. The highest BCUT2D eigenvalue weighted by molar-refractivity contribution is 5.89. The minimum absolute atomic E-state index is 0.200. The predicted molar refractivity (Wildman–Crippen MR) is 77.0 cm³/mol. The molecule has 0 fully saturated rings. The average molecular weight is 284 g/mol. The van der Waals surface area contributed by atoms with E-state index in [-0.39, 0.29) is 18.0 Å². The molecule has 2 aromatic carbocycles. The molecular weight excluding hydrogens is 271 g/mol. The highest BCUT2D eigenvalue weighted by atomic mass is 19.1. The van der Waals surface area contributed by atoms with Crippen LogP contribution in [-0.4, -0.2) is 22.4 Å². The molecule has 21 heavy (non-hydrogen) atoms. The normalized spacial score (nSPS) is 10.8. The van der Waals surface area contributed by atoms with Crippen LogP contribution in [0.3, 0.4) is 0 Å². The highest BCUT2D eigenvalue weighted by Gasteiger charge is 2.17. The summed E-state index contributed by atoms with van der Waals surface area (Å²) in [6, 6.07) is 12.0. The maximum Gasteiger partial charge on any atom is 0.357 e. The van der Waals surface area contributed by atoms with E-state index in [0.29, 0.717) is 0 Å². The van der Waals surface area contributed by atoms with Crippen LogP contribution in [0.15, 0.2) is 48.7 Å². The molecule has 0 saturated carbocycles. The third-order valence-corrected chi connectivity index (χ3v) is 3.17. The molecule has 0 aliphatic heterocycles. The van der Waals surface area contributed by atoms with Gasteiger partial charge in [0.2, 0.25) is 0 Å². The highest BCUT2D eigenvalue weighted by Crippen LogP contribution is 2.23. The lowest BCUT2D eigenvalue weighted by Gasteiger charge is -2.09. The summed E-state index contributed by atoms with van der Waals surface area (Å²) in [6.07, 6.45) is 1.45. The minimum Gasteiger partial charge on any atom is -0.461 e. The van der Waals surface area contributed by atoms with Crippen LogP contribution in [0.4, 0.5) is 4.39 Å². The number of carbonyl (C=O) groups excluding carboxylic acids is 1. The molecule has 0 unspecified atom stereocenters. The van der Waals surface area contributed by atoms with Crippen LogP contribution < -0.4 is 0 Å². The van der Waals surface area contributed by atoms with Gasteiger partial charge in [0.1, 0.15) is 11.5 Å². The summed E-state index contributed by atoms with van der Waals surface area (Å²) in [5.41, 5.74) is 0.424. The molecule has 0 radical (unpaired) electrons. The molecule has 0 bridgehead atoms. The summed E-state index contributed by atoms with van der Waals surface area (Å²) in [5, 5.41) is 5.70. The number of halogens is 1. The first-order valence-corrected chi connectivity index (χ1v) is 6.60. The molecule has 3 aromatic rings. The van der Waals surface area contributed by atoms with Gasteiger partial charge in [-0.15, -0.1) is 0 Å². The van der Waals surface area contributed by atoms with Crippen molar-refractivity contribution in [2.45, 2.75) is 6.92 Å². The Morgan fingerprint density at radius 3 is 2.67 bits per heavy atom. The van der Waals surface area contributed by atoms with Gasteiger partial charge in [0.25, 0.3) is 0 Å². The van der Waals surface area contributed by atoms with E-state index in [1.807, 2.05) is 24.3 Å². The van der Waals surface area contributed by atoms with Crippen molar-refractivity contribution in [2.24, 2.45) is 0 Å². The number of fused-ring (bicyclic) bond motifs is 1. The summed E-state index contributed by atoms with van der Waals surface area (Å²) in [5.74, 6) is -0.967. The molecule has 0 atom stereocenters. The molecule has 1 aromatic heterocycles. The lowest BCUT2D eigenvalue weighted by Crippen LogP contribution is -2.13. The molecule has 5 heteroatoms. The van der Waals surface area contributed by atoms with Crippen LogP contribution in [0, 0.1) is 5.82 Å². The van der Waals surface area contributed by atoms with Gasteiger partial charge in [-0.05, 0) is 35.9 Å². The molecule has 4 nitrogen and oxygen atoms in total. The molecule has 0 saturated heterocycles. The first-order valence-electron chi connectivity index (χ1n) is 6.60. The summed E-state index contributed by atoms with van der Waals surface area (Å²) in [7, 11) is 0. The van der Waals surface area contributed by atoms with Gasteiger partial charge in [0, 0.05) is 0 Å². The van der Waals surface area contributed by atoms with Crippen LogP contribution in [0.2, 0.25) is 0 Å². The van der Waals surface area contributed by atoms with E-state index in [9.17, 15) is 9.18 Å². The number of hydrogen-bond donors (Lipinski definition) is 0. The molecular formula is C16H13FN2O2. The van der Waals surface area contributed by atoms with Crippen LogP contribution >= 0.6 is 0 Å². The second-order valence-electron chi connectivity index (χ2n) is 4.50. The molecule has 0 N–H and O–H groups in total. The Kier molecular flexibility index (Phi) is 3.39. The van der Waals surface area contributed by atoms with Crippen molar-refractivity contribution < 1.29 is 13.9 Å². The van der Waals surface area contributed by atoms with Gasteiger partial charge < -0.3 is 4.74 Å². The van der Waals surface area contributed by atoms with Crippen molar-refractivity contribution in [3.8, 4) is 5.69 Å². The molecule has 0 spiro atoms. The fraction of sp³-hybridized carbons (Fsp3) is 0.125. The van der Waals surface area contributed by atoms with Crippen LogP contribution in [0.5, 0.6) is 0 Å². The zero-order valence-corrected chi connectivity index (χ0v) is 11.4. The maximum absolute atomic E-state index is 14.3. The van der Waals surface area contributed by atoms with E-state index in [1.54, 1.807) is 13.0 Å². The zero-order chi connectivity index (χ0) is 14.8. The lowest BCUT2D eigenvalue weighted by atomic mass is 10.1. The van der Waals surface area contributed by atoms with Gasteiger partial charge in [-0.2, -0.15) is 5.10 Å². The fourth-order valence-corrected chi connectivity index (χ4v) is 2.22. The predicted octanol–water partition coefficient (Wildman–Crippen LogP) is 3.34. The molecule has 1 heterocycles. The summed E-state index contributed by atoms with van der Waals surface area (Å²) in [4.78, 5) is 11.9. The second-order valence-corrected chi connectivity index (χ2v) is 4.50. The summed E-state index contributed by atoms with van der Waals surface area (Å²) >= 11 is 0. The Morgan fingerprint density at radius 2 is 1.95 bits per heavy atom. The second kappa shape index (κ2) is 5.36. The summed E-state index contributed by atoms with van der Waals surface area (Å²) in [6.45, 7) is 1.97. The molecule has 3 rings (SSSR count). The van der Waals surface area contributed by atoms with E-state index >= 15 is 0 Å².